The van der Waals surface area contributed by atoms with E-state index in [1.165, 1.54) is 18.7 Å². The summed E-state index contributed by atoms with van der Waals surface area (Å²) >= 11 is 0. The Hall–Kier alpha value is -3.52. The topological polar surface area (TPSA) is 44.8 Å². The van der Waals surface area contributed by atoms with Gasteiger partial charge >= 0.3 is 6.18 Å². The summed E-state index contributed by atoms with van der Waals surface area (Å²) in [6.07, 6.45) is -4.52. The molecule has 0 aromatic heterocycles. The highest BCUT2D eigenvalue weighted by molar-refractivity contribution is 6.07. The van der Waals surface area contributed by atoms with Crippen LogP contribution in [0.4, 0.5) is 24.5 Å². The number of alkyl halides is 3. The fourth-order valence-electron chi connectivity index (χ4n) is 4.10. The van der Waals surface area contributed by atoms with Gasteiger partial charge in [-0.15, -0.1) is 0 Å². The molecular formula is C26H26F3N3O2. The van der Waals surface area contributed by atoms with Gasteiger partial charge in [0.25, 0.3) is 5.91 Å². The van der Waals surface area contributed by atoms with Gasteiger partial charge < -0.3 is 15.0 Å². The normalized spacial score (nSPS) is 14.6. The molecule has 0 radical (unpaired) electrons. The van der Waals surface area contributed by atoms with E-state index in [-0.39, 0.29) is 11.3 Å². The summed E-state index contributed by atoms with van der Waals surface area (Å²) in [7, 11) is 1.44. The summed E-state index contributed by atoms with van der Waals surface area (Å²) in [5.74, 6) is -0.177. The summed E-state index contributed by atoms with van der Waals surface area (Å²) in [5, 5.41) is 2.69. The maximum Gasteiger partial charge on any atom is 0.416 e. The van der Waals surface area contributed by atoms with Gasteiger partial charge in [-0.05, 0) is 35.9 Å². The number of hydrogen-bond donors (Lipinski definition) is 1. The Morgan fingerprint density at radius 3 is 2.29 bits per heavy atom. The maximum atomic E-state index is 13.4. The number of methoxy groups -OCH3 is 1. The number of anilines is 2. The first kappa shape index (κ1) is 23.6. The summed E-state index contributed by atoms with van der Waals surface area (Å²) in [6, 6.07) is 20.2. The van der Waals surface area contributed by atoms with Crippen LogP contribution < -0.4 is 15.0 Å². The molecule has 0 saturated carbocycles. The van der Waals surface area contributed by atoms with Crippen LogP contribution in [-0.4, -0.2) is 44.1 Å². The van der Waals surface area contributed by atoms with Crippen LogP contribution in [0.25, 0.3) is 0 Å². The van der Waals surface area contributed by atoms with Gasteiger partial charge in [0.1, 0.15) is 5.75 Å². The van der Waals surface area contributed by atoms with Crippen LogP contribution in [0.2, 0.25) is 0 Å². The summed E-state index contributed by atoms with van der Waals surface area (Å²) in [5.41, 5.74) is 1.35. The molecule has 1 N–H and O–H groups in total. The quantitative estimate of drug-likeness (QED) is 0.533. The zero-order valence-electron chi connectivity index (χ0n) is 18.8. The minimum absolute atomic E-state index is 0.127. The van der Waals surface area contributed by atoms with Gasteiger partial charge in [0.2, 0.25) is 0 Å². The molecule has 0 unspecified atom stereocenters. The predicted molar refractivity (Wildman–Crippen MR) is 126 cm³/mol. The van der Waals surface area contributed by atoms with E-state index in [0.717, 1.165) is 31.8 Å². The molecule has 8 heteroatoms. The molecule has 0 aliphatic carbocycles. The fraction of sp³-hybridized carbons (Fsp3) is 0.269. The SMILES string of the molecule is COc1ccccc1C(=O)Nc1cc(C(F)(F)F)ccc1N1CCN(Cc2ccccc2)CC1. The standard InChI is InChI=1S/C26H26F3N3O2/c1-34-24-10-6-5-9-21(24)25(33)30-22-17-20(26(27,28)29)11-12-23(22)32-15-13-31(14-16-32)18-19-7-3-2-4-8-19/h2-12,17H,13-16,18H2,1H3,(H,30,33). The molecule has 3 aromatic carbocycles. The highest BCUT2D eigenvalue weighted by Gasteiger charge is 2.32. The average Bonchev–Trinajstić information content (AvgIpc) is 2.84. The molecule has 1 fully saturated rings. The van der Waals surface area contributed by atoms with Crippen LogP contribution in [-0.2, 0) is 12.7 Å². The lowest BCUT2D eigenvalue weighted by Gasteiger charge is -2.37. The second kappa shape index (κ2) is 10.2. The summed E-state index contributed by atoms with van der Waals surface area (Å²) < 4.78 is 45.5. The smallest absolute Gasteiger partial charge is 0.416 e. The number of nitrogens with one attached hydrogen (secondary N) is 1. The van der Waals surface area contributed by atoms with Crippen LogP contribution in [0.3, 0.4) is 0 Å². The van der Waals surface area contributed by atoms with E-state index in [0.29, 0.717) is 24.5 Å². The number of benzene rings is 3. The third-order valence-electron chi connectivity index (χ3n) is 5.89. The third-order valence-corrected chi connectivity index (χ3v) is 5.89. The number of halogens is 3. The Bertz CT molecular complexity index is 1130. The molecule has 0 atom stereocenters. The predicted octanol–water partition coefficient (Wildman–Crippen LogP) is 5.29. The summed E-state index contributed by atoms with van der Waals surface area (Å²) in [4.78, 5) is 17.3. The van der Waals surface area contributed by atoms with E-state index in [1.807, 2.05) is 23.1 Å². The molecule has 1 saturated heterocycles. The summed E-state index contributed by atoms with van der Waals surface area (Å²) in [6.45, 7) is 3.61. The van der Waals surface area contributed by atoms with E-state index < -0.39 is 17.6 Å². The highest BCUT2D eigenvalue weighted by atomic mass is 19.4. The number of carbonyl (C=O) groups excluding carboxylic acids is 1. The first-order chi connectivity index (χ1) is 16.3. The van der Waals surface area contributed by atoms with Crippen LogP contribution in [0.5, 0.6) is 5.75 Å². The van der Waals surface area contributed by atoms with Crippen molar-refractivity contribution in [1.29, 1.82) is 0 Å². The van der Waals surface area contributed by atoms with Crippen molar-refractivity contribution in [2.24, 2.45) is 0 Å². The number of ether oxygens (including phenoxy) is 1. The number of carbonyl (C=O) groups is 1. The van der Waals surface area contributed by atoms with Gasteiger partial charge in [0, 0.05) is 32.7 Å². The Kier molecular flexibility index (Phi) is 7.07. The maximum absolute atomic E-state index is 13.4. The minimum atomic E-state index is -4.52. The van der Waals surface area contributed by atoms with Gasteiger partial charge in [-0.3, -0.25) is 9.69 Å². The Morgan fingerprint density at radius 1 is 0.941 bits per heavy atom. The molecule has 0 bridgehead atoms. The van der Waals surface area contributed by atoms with Crippen molar-refractivity contribution in [3.8, 4) is 5.75 Å². The zero-order chi connectivity index (χ0) is 24.1. The van der Waals surface area contributed by atoms with E-state index >= 15 is 0 Å². The second-order valence-electron chi connectivity index (χ2n) is 8.13. The lowest BCUT2D eigenvalue weighted by molar-refractivity contribution is -0.137. The van der Waals surface area contributed by atoms with E-state index in [9.17, 15) is 18.0 Å². The van der Waals surface area contributed by atoms with Crippen molar-refractivity contribution in [3.05, 3.63) is 89.5 Å². The molecule has 3 aromatic rings. The highest BCUT2D eigenvalue weighted by Crippen LogP contribution is 2.36. The molecule has 34 heavy (non-hydrogen) atoms. The molecule has 1 aliphatic rings. The van der Waals surface area contributed by atoms with Crippen molar-refractivity contribution in [3.63, 3.8) is 0 Å². The number of para-hydroxylation sites is 1. The fourth-order valence-corrected chi connectivity index (χ4v) is 4.10. The van der Waals surface area contributed by atoms with E-state index in [4.69, 9.17) is 4.74 Å². The van der Waals surface area contributed by atoms with Gasteiger partial charge in [-0.1, -0.05) is 42.5 Å². The number of amides is 1. The monoisotopic (exact) mass is 469 g/mol. The zero-order valence-corrected chi connectivity index (χ0v) is 18.8. The second-order valence-corrected chi connectivity index (χ2v) is 8.13. The lowest BCUT2D eigenvalue weighted by Crippen LogP contribution is -2.46. The van der Waals surface area contributed by atoms with Gasteiger partial charge in [0.15, 0.2) is 0 Å². The molecular weight excluding hydrogens is 443 g/mol. The van der Waals surface area contributed by atoms with Crippen molar-refractivity contribution < 1.29 is 22.7 Å². The van der Waals surface area contributed by atoms with E-state index in [1.54, 1.807) is 24.3 Å². The average molecular weight is 470 g/mol. The van der Waals surface area contributed by atoms with Crippen molar-refractivity contribution in [1.82, 2.24) is 4.90 Å². The largest absolute Gasteiger partial charge is 0.496 e. The van der Waals surface area contributed by atoms with Crippen molar-refractivity contribution >= 4 is 17.3 Å². The third kappa shape index (κ3) is 5.51. The first-order valence-electron chi connectivity index (χ1n) is 11.0. The Labute approximate surface area is 196 Å². The molecule has 0 spiro atoms. The van der Waals surface area contributed by atoms with E-state index in [2.05, 4.69) is 22.3 Å². The Balaban J connectivity index is 1.55. The van der Waals surface area contributed by atoms with Crippen LogP contribution in [0, 0.1) is 0 Å². The molecule has 1 heterocycles. The number of nitrogens with zero attached hydrogens (tertiary/aromatic N) is 2. The van der Waals surface area contributed by atoms with Gasteiger partial charge in [-0.2, -0.15) is 13.2 Å². The lowest BCUT2D eigenvalue weighted by atomic mass is 10.1. The van der Waals surface area contributed by atoms with Gasteiger partial charge in [-0.25, -0.2) is 0 Å². The molecule has 1 amide bonds. The number of piperazine rings is 1. The molecule has 178 valence electrons. The van der Waals surface area contributed by atoms with Crippen LogP contribution in [0.1, 0.15) is 21.5 Å². The molecule has 4 rings (SSSR count). The first-order valence-corrected chi connectivity index (χ1v) is 11.0. The number of hydrogen-bond acceptors (Lipinski definition) is 4. The van der Waals surface area contributed by atoms with Crippen molar-refractivity contribution in [2.75, 3.05) is 43.5 Å². The molecule has 1 aliphatic heterocycles. The van der Waals surface area contributed by atoms with Crippen LogP contribution in [0.15, 0.2) is 72.8 Å². The number of rotatable bonds is 6. The van der Waals surface area contributed by atoms with Crippen LogP contribution >= 0.6 is 0 Å². The Morgan fingerprint density at radius 2 is 1.62 bits per heavy atom. The molecule has 5 nitrogen and oxygen atoms in total. The van der Waals surface area contributed by atoms with Gasteiger partial charge in [0.05, 0.1) is 29.6 Å². The van der Waals surface area contributed by atoms with Crippen molar-refractivity contribution in [2.45, 2.75) is 12.7 Å². The minimum Gasteiger partial charge on any atom is -0.496 e.